The van der Waals surface area contributed by atoms with Gasteiger partial charge in [0, 0.05) is 11.9 Å². The molecule has 1 atom stereocenters. The summed E-state index contributed by atoms with van der Waals surface area (Å²) in [5.41, 5.74) is 2.52. The Balaban J connectivity index is 1.93. The predicted octanol–water partition coefficient (Wildman–Crippen LogP) is 3.91. The van der Waals surface area contributed by atoms with Crippen molar-refractivity contribution in [3.63, 3.8) is 0 Å². The average Bonchev–Trinajstić information content (AvgIpc) is 2.89. The molecular formula is C18H19FN2O. The monoisotopic (exact) mass is 298 g/mol. The number of rotatable bonds is 4. The fourth-order valence-electron chi connectivity index (χ4n) is 2.60. The molecule has 2 aromatic carbocycles. The summed E-state index contributed by atoms with van der Waals surface area (Å²) in [6, 6.07) is 11.7. The first kappa shape index (κ1) is 14.7. The lowest BCUT2D eigenvalue weighted by molar-refractivity contribution is 0.220. The van der Waals surface area contributed by atoms with Crippen LogP contribution in [0.2, 0.25) is 0 Å². The Morgan fingerprint density at radius 1 is 1.09 bits per heavy atom. The maximum atomic E-state index is 13.0. The molecule has 0 saturated heterocycles. The second-order valence-corrected chi connectivity index (χ2v) is 5.99. The Morgan fingerprint density at radius 2 is 1.77 bits per heavy atom. The van der Waals surface area contributed by atoms with E-state index in [4.69, 9.17) is 0 Å². The van der Waals surface area contributed by atoms with Crippen LogP contribution in [0.4, 0.5) is 4.39 Å². The first-order valence-electron chi connectivity index (χ1n) is 7.43. The molecule has 4 heteroatoms. The molecule has 0 spiro atoms. The highest BCUT2D eigenvalue weighted by atomic mass is 19.1. The highest BCUT2D eigenvalue weighted by molar-refractivity contribution is 5.79. The Labute approximate surface area is 129 Å². The first-order valence-corrected chi connectivity index (χ1v) is 7.43. The van der Waals surface area contributed by atoms with Gasteiger partial charge in [0.05, 0.1) is 11.7 Å². The molecule has 0 amide bonds. The minimum absolute atomic E-state index is 0.304. The van der Waals surface area contributed by atoms with Gasteiger partial charge in [0.25, 0.3) is 0 Å². The van der Waals surface area contributed by atoms with Gasteiger partial charge in [0.1, 0.15) is 11.9 Å². The maximum Gasteiger partial charge on any atom is 0.123 e. The summed E-state index contributed by atoms with van der Waals surface area (Å²) in [4.78, 5) is 0. The number of aliphatic hydroxyl groups is 1. The Hall–Kier alpha value is -2.20. The molecule has 1 N–H and O–H groups in total. The fourth-order valence-corrected chi connectivity index (χ4v) is 2.60. The van der Waals surface area contributed by atoms with Gasteiger partial charge in [-0.2, -0.15) is 5.10 Å². The number of fused-ring (bicyclic) bond motifs is 1. The summed E-state index contributed by atoms with van der Waals surface area (Å²) in [5.74, 6) is 0.217. The van der Waals surface area contributed by atoms with Crippen LogP contribution in [0.5, 0.6) is 0 Å². The number of benzene rings is 2. The van der Waals surface area contributed by atoms with E-state index in [9.17, 15) is 9.50 Å². The third-order valence-corrected chi connectivity index (χ3v) is 3.71. The zero-order chi connectivity index (χ0) is 15.7. The zero-order valence-electron chi connectivity index (χ0n) is 12.7. The fraction of sp³-hybridized carbons (Fsp3) is 0.278. The second-order valence-electron chi connectivity index (χ2n) is 5.99. The average molecular weight is 298 g/mol. The van der Waals surface area contributed by atoms with Gasteiger partial charge in [0.2, 0.25) is 0 Å². The highest BCUT2D eigenvalue weighted by Crippen LogP contribution is 2.26. The van der Waals surface area contributed by atoms with Crippen LogP contribution < -0.4 is 0 Å². The number of aliphatic hydroxyl groups excluding tert-OH is 1. The molecule has 0 radical (unpaired) electrons. The number of halogens is 1. The van der Waals surface area contributed by atoms with Crippen molar-refractivity contribution >= 4 is 10.9 Å². The minimum Gasteiger partial charge on any atom is -0.384 e. The molecule has 1 heterocycles. The summed E-state index contributed by atoms with van der Waals surface area (Å²) in [6.45, 7) is 5.17. The van der Waals surface area contributed by atoms with Crippen molar-refractivity contribution in [1.82, 2.24) is 9.78 Å². The van der Waals surface area contributed by atoms with E-state index < -0.39 is 6.10 Å². The molecule has 3 rings (SSSR count). The lowest BCUT2D eigenvalue weighted by atomic mass is 10.0. The second kappa shape index (κ2) is 5.89. The maximum absolute atomic E-state index is 13.0. The van der Waals surface area contributed by atoms with Crippen molar-refractivity contribution in [2.45, 2.75) is 26.5 Å². The Kier molecular flexibility index (Phi) is 3.94. The van der Waals surface area contributed by atoms with E-state index in [1.54, 1.807) is 12.1 Å². The van der Waals surface area contributed by atoms with Crippen LogP contribution >= 0.6 is 0 Å². The van der Waals surface area contributed by atoms with Gasteiger partial charge < -0.3 is 5.11 Å². The minimum atomic E-state index is -0.765. The normalized spacial score (nSPS) is 13.0. The van der Waals surface area contributed by atoms with Crippen molar-refractivity contribution in [3.05, 3.63) is 65.6 Å². The van der Waals surface area contributed by atoms with E-state index in [1.165, 1.54) is 12.1 Å². The first-order chi connectivity index (χ1) is 10.5. The van der Waals surface area contributed by atoms with Gasteiger partial charge in [-0.15, -0.1) is 0 Å². The van der Waals surface area contributed by atoms with Gasteiger partial charge in [-0.3, -0.25) is 4.68 Å². The zero-order valence-corrected chi connectivity index (χ0v) is 12.7. The van der Waals surface area contributed by atoms with Crippen molar-refractivity contribution in [3.8, 4) is 0 Å². The van der Waals surface area contributed by atoms with Gasteiger partial charge in [-0.25, -0.2) is 4.39 Å². The SMILES string of the molecule is CC(C)Cn1ncc2cc(C(O)c3ccc(F)cc3)ccc21. The summed E-state index contributed by atoms with van der Waals surface area (Å²) in [6.07, 6.45) is 1.05. The van der Waals surface area contributed by atoms with Gasteiger partial charge in [0.15, 0.2) is 0 Å². The molecule has 0 aliphatic carbocycles. The molecule has 3 nitrogen and oxygen atoms in total. The topological polar surface area (TPSA) is 38.0 Å². The molecule has 0 fully saturated rings. The van der Waals surface area contributed by atoms with E-state index in [-0.39, 0.29) is 5.82 Å². The molecule has 114 valence electrons. The van der Waals surface area contributed by atoms with E-state index in [0.29, 0.717) is 11.5 Å². The standard InChI is InChI=1S/C18H19FN2O/c1-12(2)11-21-17-8-5-14(9-15(17)10-20-21)18(22)13-3-6-16(19)7-4-13/h3-10,12,18,22H,11H2,1-2H3. The van der Waals surface area contributed by atoms with E-state index in [2.05, 4.69) is 18.9 Å². The number of nitrogens with zero attached hydrogens (tertiary/aromatic N) is 2. The molecular weight excluding hydrogens is 279 g/mol. The van der Waals surface area contributed by atoms with E-state index in [1.807, 2.05) is 29.1 Å². The molecule has 0 bridgehead atoms. The van der Waals surface area contributed by atoms with Crippen LogP contribution in [-0.2, 0) is 6.54 Å². The van der Waals surface area contributed by atoms with Crippen molar-refractivity contribution < 1.29 is 9.50 Å². The highest BCUT2D eigenvalue weighted by Gasteiger charge is 2.13. The lowest BCUT2D eigenvalue weighted by Crippen LogP contribution is -2.05. The van der Waals surface area contributed by atoms with Gasteiger partial charge >= 0.3 is 0 Å². The molecule has 1 aromatic heterocycles. The van der Waals surface area contributed by atoms with Crippen LogP contribution in [-0.4, -0.2) is 14.9 Å². The predicted molar refractivity (Wildman–Crippen MR) is 85.0 cm³/mol. The molecule has 0 saturated carbocycles. The summed E-state index contributed by atoms with van der Waals surface area (Å²) < 4.78 is 15.0. The summed E-state index contributed by atoms with van der Waals surface area (Å²) >= 11 is 0. The van der Waals surface area contributed by atoms with Crippen molar-refractivity contribution in [2.24, 2.45) is 5.92 Å². The quantitative estimate of drug-likeness (QED) is 0.793. The molecule has 0 aliphatic rings. The number of hydrogen-bond donors (Lipinski definition) is 1. The van der Waals surface area contributed by atoms with E-state index >= 15 is 0 Å². The molecule has 3 aromatic rings. The number of hydrogen-bond acceptors (Lipinski definition) is 2. The van der Waals surface area contributed by atoms with Gasteiger partial charge in [-0.1, -0.05) is 32.0 Å². The lowest BCUT2D eigenvalue weighted by Gasteiger charge is -2.12. The van der Waals surface area contributed by atoms with Crippen LogP contribution in [0.15, 0.2) is 48.7 Å². The van der Waals surface area contributed by atoms with Gasteiger partial charge in [-0.05, 0) is 41.3 Å². The van der Waals surface area contributed by atoms with Crippen LogP contribution in [0.25, 0.3) is 10.9 Å². The third-order valence-electron chi connectivity index (χ3n) is 3.71. The Bertz CT molecular complexity index is 777. The van der Waals surface area contributed by atoms with Crippen LogP contribution in [0.3, 0.4) is 0 Å². The van der Waals surface area contributed by atoms with Crippen molar-refractivity contribution in [2.75, 3.05) is 0 Å². The van der Waals surface area contributed by atoms with Crippen molar-refractivity contribution in [1.29, 1.82) is 0 Å². The van der Waals surface area contributed by atoms with Crippen LogP contribution in [0.1, 0.15) is 31.1 Å². The number of aromatic nitrogens is 2. The smallest absolute Gasteiger partial charge is 0.123 e. The molecule has 1 unspecified atom stereocenters. The summed E-state index contributed by atoms with van der Waals surface area (Å²) in [7, 11) is 0. The molecule has 22 heavy (non-hydrogen) atoms. The largest absolute Gasteiger partial charge is 0.384 e. The summed E-state index contributed by atoms with van der Waals surface area (Å²) in [5, 5.41) is 15.8. The molecule has 0 aliphatic heterocycles. The van der Waals surface area contributed by atoms with Crippen LogP contribution in [0, 0.1) is 11.7 Å². The third kappa shape index (κ3) is 2.88. The Morgan fingerprint density at radius 3 is 2.45 bits per heavy atom. The van der Waals surface area contributed by atoms with E-state index in [0.717, 1.165) is 23.0 Å².